The molecule has 0 saturated heterocycles. The largest absolute Gasteiger partial charge is 0.299 e. The van der Waals surface area contributed by atoms with E-state index >= 15 is 0 Å². The van der Waals surface area contributed by atoms with Gasteiger partial charge in [0.1, 0.15) is 11.6 Å². The average molecular weight is 402 g/mol. The highest BCUT2D eigenvalue weighted by atomic mass is 16.2. The number of rotatable bonds is 6. The highest BCUT2D eigenvalue weighted by molar-refractivity contribution is 5.95. The maximum Gasteiger partial charge on any atom is 0.228 e. The van der Waals surface area contributed by atoms with Crippen LogP contribution in [0.5, 0.6) is 0 Å². The summed E-state index contributed by atoms with van der Waals surface area (Å²) in [6.45, 7) is 5.54. The minimum atomic E-state index is -0.000930. The van der Waals surface area contributed by atoms with Crippen LogP contribution in [0.2, 0.25) is 0 Å². The number of anilines is 1. The Kier molecular flexibility index (Phi) is 5.79. The van der Waals surface area contributed by atoms with Crippen LogP contribution < -0.4 is 4.90 Å². The Labute approximate surface area is 177 Å². The van der Waals surface area contributed by atoms with Crippen LogP contribution in [0.1, 0.15) is 36.1 Å². The zero-order valence-corrected chi connectivity index (χ0v) is 17.6. The molecule has 30 heavy (non-hydrogen) atoms. The predicted octanol–water partition coefficient (Wildman–Crippen LogP) is 4.50. The quantitative estimate of drug-likeness (QED) is 0.611. The summed E-state index contributed by atoms with van der Waals surface area (Å²) in [6, 6.07) is 18.4. The molecule has 0 saturated carbocycles. The molecule has 5 heteroatoms. The summed E-state index contributed by atoms with van der Waals surface area (Å²) in [5.41, 5.74) is 5.44. The molecular weight excluding hydrogens is 374 g/mol. The highest BCUT2D eigenvalue weighted by Gasteiger charge is 2.24. The molecule has 0 unspecified atom stereocenters. The van der Waals surface area contributed by atoms with Gasteiger partial charge in [-0.05, 0) is 37.0 Å². The van der Waals surface area contributed by atoms with Gasteiger partial charge < -0.3 is 0 Å². The van der Waals surface area contributed by atoms with Gasteiger partial charge in [0.2, 0.25) is 5.91 Å². The Morgan fingerprint density at radius 1 is 0.933 bits per heavy atom. The fourth-order valence-corrected chi connectivity index (χ4v) is 4.00. The van der Waals surface area contributed by atoms with E-state index in [1.54, 1.807) is 4.90 Å². The van der Waals surface area contributed by atoms with E-state index in [1.807, 2.05) is 29.8 Å². The van der Waals surface area contributed by atoms with Gasteiger partial charge in [0.05, 0.1) is 5.69 Å². The first-order valence-corrected chi connectivity index (χ1v) is 10.5. The number of nitrogens with zero attached hydrogens (tertiary/aromatic N) is 3. The first-order valence-electron chi connectivity index (χ1n) is 10.5. The maximum atomic E-state index is 12.7. The molecule has 1 aromatic heterocycles. The molecule has 1 aliphatic heterocycles. The minimum absolute atomic E-state index is 0.000930. The standard InChI is InChI=1S/C25H27N3O2/c1-18-5-3-6-22(15-18)21-9-7-20(8-10-21)17-23(29)11-12-25(30)27-13-4-14-28-24(27)16-19(2)26-28/h3,5-10,15-16H,4,11-14,17H2,1-2H3. The molecule has 2 heterocycles. The van der Waals surface area contributed by atoms with E-state index in [2.05, 4.69) is 48.4 Å². The van der Waals surface area contributed by atoms with Crippen molar-refractivity contribution in [1.82, 2.24) is 9.78 Å². The molecule has 1 aliphatic rings. The third kappa shape index (κ3) is 4.51. The average Bonchev–Trinajstić information content (AvgIpc) is 3.12. The summed E-state index contributed by atoms with van der Waals surface area (Å²) in [5, 5.41) is 4.42. The van der Waals surface area contributed by atoms with Gasteiger partial charge in [-0.25, -0.2) is 4.68 Å². The Morgan fingerprint density at radius 3 is 2.50 bits per heavy atom. The van der Waals surface area contributed by atoms with Crippen molar-refractivity contribution in [3.63, 3.8) is 0 Å². The summed E-state index contributed by atoms with van der Waals surface area (Å²) in [4.78, 5) is 26.9. The number of fused-ring (bicyclic) bond motifs is 1. The topological polar surface area (TPSA) is 55.2 Å². The third-order valence-electron chi connectivity index (χ3n) is 5.53. The molecular formula is C25H27N3O2. The monoisotopic (exact) mass is 401 g/mol. The molecule has 154 valence electrons. The van der Waals surface area contributed by atoms with Gasteiger partial charge in [0.25, 0.3) is 0 Å². The first-order chi connectivity index (χ1) is 14.5. The summed E-state index contributed by atoms with van der Waals surface area (Å²) in [6.07, 6.45) is 1.76. The molecule has 1 amide bonds. The van der Waals surface area contributed by atoms with Crippen LogP contribution in [0.25, 0.3) is 11.1 Å². The van der Waals surface area contributed by atoms with Gasteiger partial charge in [-0.1, -0.05) is 54.1 Å². The molecule has 2 aromatic carbocycles. The van der Waals surface area contributed by atoms with Crippen molar-refractivity contribution >= 4 is 17.5 Å². The second kappa shape index (κ2) is 8.66. The number of aryl methyl sites for hydroxylation is 3. The normalized spacial score (nSPS) is 13.2. The summed E-state index contributed by atoms with van der Waals surface area (Å²) >= 11 is 0. The molecule has 0 fully saturated rings. The van der Waals surface area contributed by atoms with Crippen molar-refractivity contribution in [2.24, 2.45) is 0 Å². The lowest BCUT2D eigenvalue weighted by atomic mass is 9.99. The molecule has 0 spiro atoms. The number of amides is 1. The number of hydrogen-bond donors (Lipinski definition) is 0. The van der Waals surface area contributed by atoms with E-state index in [0.29, 0.717) is 13.0 Å². The van der Waals surface area contributed by atoms with E-state index in [4.69, 9.17) is 0 Å². The van der Waals surface area contributed by atoms with Crippen molar-refractivity contribution in [3.05, 3.63) is 71.4 Å². The van der Waals surface area contributed by atoms with E-state index in [1.165, 1.54) is 11.1 Å². The highest BCUT2D eigenvalue weighted by Crippen LogP contribution is 2.23. The number of Topliss-reactive ketones (excluding diaryl/α,β-unsaturated/α-hetero) is 1. The second-order valence-electron chi connectivity index (χ2n) is 8.05. The lowest BCUT2D eigenvalue weighted by Gasteiger charge is -2.27. The van der Waals surface area contributed by atoms with Crippen molar-refractivity contribution in [3.8, 4) is 11.1 Å². The summed E-state index contributed by atoms with van der Waals surface area (Å²) in [5.74, 6) is 0.940. The van der Waals surface area contributed by atoms with E-state index in [0.717, 1.165) is 35.6 Å². The molecule has 0 bridgehead atoms. The number of carbonyl (C=O) groups excluding carboxylic acids is 2. The molecule has 3 aromatic rings. The SMILES string of the molecule is Cc1cccc(-c2ccc(CC(=O)CCC(=O)N3CCCn4nc(C)cc43)cc2)c1. The second-order valence-corrected chi connectivity index (χ2v) is 8.05. The van der Waals surface area contributed by atoms with Gasteiger partial charge in [0.15, 0.2) is 0 Å². The van der Waals surface area contributed by atoms with E-state index in [9.17, 15) is 9.59 Å². The molecule has 4 rings (SSSR count). The Hall–Kier alpha value is -3.21. The predicted molar refractivity (Wildman–Crippen MR) is 118 cm³/mol. The lowest BCUT2D eigenvalue weighted by Crippen LogP contribution is -2.37. The van der Waals surface area contributed by atoms with Gasteiger partial charge in [-0.3, -0.25) is 14.5 Å². The van der Waals surface area contributed by atoms with Gasteiger partial charge in [0, 0.05) is 38.4 Å². The van der Waals surface area contributed by atoms with Crippen LogP contribution in [-0.4, -0.2) is 28.0 Å². The van der Waals surface area contributed by atoms with Crippen LogP contribution >= 0.6 is 0 Å². The Morgan fingerprint density at radius 2 is 1.73 bits per heavy atom. The number of benzene rings is 2. The van der Waals surface area contributed by atoms with E-state index in [-0.39, 0.29) is 24.5 Å². The first kappa shape index (κ1) is 20.1. The summed E-state index contributed by atoms with van der Waals surface area (Å²) in [7, 11) is 0. The molecule has 5 nitrogen and oxygen atoms in total. The van der Waals surface area contributed by atoms with Crippen molar-refractivity contribution < 1.29 is 9.59 Å². The number of carbonyl (C=O) groups is 2. The Bertz CT molecular complexity index is 1070. The molecule has 0 N–H and O–H groups in total. The third-order valence-corrected chi connectivity index (χ3v) is 5.53. The lowest BCUT2D eigenvalue weighted by molar-refractivity contribution is -0.123. The number of ketones is 1. The van der Waals surface area contributed by atoms with Crippen molar-refractivity contribution in [1.29, 1.82) is 0 Å². The van der Waals surface area contributed by atoms with Crippen molar-refractivity contribution in [2.75, 3.05) is 11.4 Å². The van der Waals surface area contributed by atoms with Crippen molar-refractivity contribution in [2.45, 2.75) is 46.1 Å². The van der Waals surface area contributed by atoms with Crippen LogP contribution in [0.4, 0.5) is 5.82 Å². The fourth-order valence-electron chi connectivity index (χ4n) is 4.00. The smallest absolute Gasteiger partial charge is 0.228 e. The Balaban J connectivity index is 1.32. The number of hydrogen-bond acceptors (Lipinski definition) is 3. The van der Waals surface area contributed by atoms with E-state index < -0.39 is 0 Å². The molecule has 0 aliphatic carbocycles. The maximum absolute atomic E-state index is 12.7. The molecule has 0 radical (unpaired) electrons. The van der Waals surface area contributed by atoms with Crippen LogP contribution in [0.15, 0.2) is 54.6 Å². The zero-order valence-electron chi connectivity index (χ0n) is 17.6. The minimum Gasteiger partial charge on any atom is -0.299 e. The van der Waals surface area contributed by atoms with Gasteiger partial charge in [-0.15, -0.1) is 0 Å². The number of aromatic nitrogens is 2. The van der Waals surface area contributed by atoms with Crippen LogP contribution in [-0.2, 0) is 22.6 Å². The summed E-state index contributed by atoms with van der Waals surface area (Å²) < 4.78 is 1.88. The zero-order chi connectivity index (χ0) is 21.1. The van der Waals surface area contributed by atoms with Crippen LogP contribution in [0, 0.1) is 13.8 Å². The van der Waals surface area contributed by atoms with Gasteiger partial charge >= 0.3 is 0 Å². The fraction of sp³-hybridized carbons (Fsp3) is 0.320. The molecule has 0 atom stereocenters. The van der Waals surface area contributed by atoms with Crippen LogP contribution in [0.3, 0.4) is 0 Å². The van der Waals surface area contributed by atoms with Gasteiger partial charge in [-0.2, -0.15) is 5.10 Å².